The van der Waals surface area contributed by atoms with Crippen LogP contribution in [0.3, 0.4) is 0 Å². The molecule has 0 N–H and O–H groups in total. The van der Waals surface area contributed by atoms with E-state index in [1.54, 1.807) is 0 Å². The molecule has 0 radical (unpaired) electrons. The van der Waals surface area contributed by atoms with Gasteiger partial charge in [0.1, 0.15) is 0 Å². The molecule has 0 bridgehead atoms. The van der Waals surface area contributed by atoms with Crippen LogP contribution < -0.4 is 0 Å². The molecule has 0 rings (SSSR count). The van der Waals surface area contributed by atoms with Crippen LogP contribution in [-0.2, 0) is 0 Å². The van der Waals surface area contributed by atoms with Gasteiger partial charge in [0.05, 0.1) is 0 Å². The lowest BCUT2D eigenvalue weighted by atomic mass is 10.6. The summed E-state index contributed by atoms with van der Waals surface area (Å²) in [6.07, 6.45) is 1.37. The van der Waals surface area contributed by atoms with Gasteiger partial charge in [-0.05, 0) is 6.42 Å². The highest BCUT2D eigenvalue weighted by molar-refractivity contribution is 9.09. The molecule has 56 valence electrons. The van der Waals surface area contributed by atoms with Gasteiger partial charge in [0.2, 0.25) is 0 Å². The molecular weight excluding hydrogens is 192 g/mol. The van der Waals surface area contributed by atoms with Gasteiger partial charge >= 0.3 is 0 Å². The van der Waals surface area contributed by atoms with Gasteiger partial charge in [-0.15, -0.1) is 0 Å². The van der Waals surface area contributed by atoms with Crippen LogP contribution in [-0.4, -0.2) is 13.4 Å². The highest BCUT2D eigenvalue weighted by atomic mass is 79.9. The molecule has 0 aliphatic carbocycles. The van der Waals surface area contributed by atoms with Gasteiger partial charge < -0.3 is 0 Å². The van der Waals surface area contributed by atoms with E-state index < -0.39 is 8.07 Å². The van der Waals surface area contributed by atoms with Gasteiger partial charge in [-0.25, -0.2) is 0 Å². The van der Waals surface area contributed by atoms with Crippen LogP contribution >= 0.6 is 15.9 Å². The maximum Gasteiger partial charge on any atom is 0.0471 e. The van der Waals surface area contributed by atoms with Crippen LogP contribution in [0.5, 0.6) is 0 Å². The Balaban J connectivity index is 3.33. The average Bonchev–Trinajstić information content (AvgIpc) is 1.84. The lowest BCUT2D eigenvalue weighted by Gasteiger charge is -2.18. The number of alkyl halides is 1. The molecule has 0 aliphatic rings. The minimum Gasteiger partial charge on any atom is -0.0928 e. The van der Waals surface area contributed by atoms with E-state index in [1.165, 1.54) is 23.8 Å². The molecular formula is C7H17BrSi. The fourth-order valence-corrected chi connectivity index (χ4v) is 3.01. The van der Waals surface area contributed by atoms with E-state index in [2.05, 4.69) is 35.9 Å². The van der Waals surface area contributed by atoms with Crippen molar-refractivity contribution in [3.8, 4) is 0 Å². The first-order chi connectivity index (χ1) is 4.12. The smallest absolute Gasteiger partial charge is 0.0471 e. The Hall–Kier alpha value is 0.697. The van der Waals surface area contributed by atoms with Crippen LogP contribution in [0.2, 0.25) is 25.2 Å². The highest BCUT2D eigenvalue weighted by Crippen LogP contribution is 2.16. The first-order valence-corrected chi connectivity index (χ1v) is 8.22. The van der Waals surface area contributed by atoms with Crippen molar-refractivity contribution in [3.63, 3.8) is 0 Å². The van der Waals surface area contributed by atoms with E-state index in [-0.39, 0.29) is 0 Å². The second kappa shape index (κ2) is 4.50. The largest absolute Gasteiger partial charge is 0.0928 e. The third-order valence-electron chi connectivity index (χ3n) is 1.94. The summed E-state index contributed by atoms with van der Waals surface area (Å²) in [5, 5.41) is 1.18. The molecule has 0 saturated heterocycles. The summed E-state index contributed by atoms with van der Waals surface area (Å²) in [6.45, 7) is 7.26. The Bertz CT molecular complexity index is 71.3. The molecule has 9 heavy (non-hydrogen) atoms. The van der Waals surface area contributed by atoms with Gasteiger partial charge in [-0.2, -0.15) is 0 Å². The molecule has 0 aromatic carbocycles. The van der Waals surface area contributed by atoms with Crippen molar-refractivity contribution in [1.82, 2.24) is 0 Å². The number of rotatable bonds is 4. The quantitative estimate of drug-likeness (QED) is 0.491. The van der Waals surface area contributed by atoms with E-state index in [0.717, 1.165) is 0 Å². The summed E-state index contributed by atoms with van der Waals surface area (Å²) in [5.74, 6) is 0. The first kappa shape index (κ1) is 9.70. The van der Waals surface area contributed by atoms with Gasteiger partial charge in [-0.3, -0.25) is 0 Å². The van der Waals surface area contributed by atoms with Crippen LogP contribution in [0.15, 0.2) is 0 Å². The van der Waals surface area contributed by atoms with Crippen LogP contribution in [0.4, 0.5) is 0 Å². The molecule has 0 nitrogen and oxygen atoms in total. The zero-order valence-corrected chi connectivity index (χ0v) is 9.29. The van der Waals surface area contributed by atoms with Crippen LogP contribution in [0.1, 0.15) is 13.3 Å². The van der Waals surface area contributed by atoms with Crippen molar-refractivity contribution in [1.29, 1.82) is 0 Å². The van der Waals surface area contributed by atoms with Gasteiger partial charge in [0, 0.05) is 13.4 Å². The molecule has 0 aromatic rings. The third kappa shape index (κ3) is 5.16. The van der Waals surface area contributed by atoms with Crippen molar-refractivity contribution in [3.05, 3.63) is 0 Å². The van der Waals surface area contributed by atoms with Crippen molar-refractivity contribution in [2.24, 2.45) is 0 Å². The van der Waals surface area contributed by atoms with Crippen molar-refractivity contribution in [2.45, 2.75) is 38.5 Å². The van der Waals surface area contributed by atoms with E-state index >= 15 is 0 Å². The standard InChI is InChI=1S/C7H17BrSi/c1-4-9(2,3)7-5-6-8/h4-7H2,1-3H3. The molecule has 0 heterocycles. The summed E-state index contributed by atoms with van der Waals surface area (Å²) in [5.41, 5.74) is 0. The van der Waals surface area contributed by atoms with Crippen LogP contribution in [0, 0.1) is 0 Å². The van der Waals surface area contributed by atoms with Gasteiger partial charge in [-0.1, -0.05) is 48.0 Å². The first-order valence-electron chi connectivity index (χ1n) is 3.68. The number of halogens is 1. The lowest BCUT2D eigenvalue weighted by Crippen LogP contribution is -2.23. The second-order valence-corrected chi connectivity index (χ2v) is 9.64. The van der Waals surface area contributed by atoms with Gasteiger partial charge in [0.15, 0.2) is 0 Å². The average molecular weight is 209 g/mol. The summed E-state index contributed by atoms with van der Waals surface area (Å²) in [6, 6.07) is 2.91. The second-order valence-electron chi connectivity index (χ2n) is 3.31. The van der Waals surface area contributed by atoms with E-state index in [4.69, 9.17) is 0 Å². The van der Waals surface area contributed by atoms with Crippen molar-refractivity contribution < 1.29 is 0 Å². The maximum atomic E-state index is 3.45. The molecule has 0 atom stereocenters. The van der Waals surface area contributed by atoms with E-state index in [1.807, 2.05) is 0 Å². The SMILES string of the molecule is CC[Si](C)(C)CCCBr. The normalized spacial score (nSPS) is 12.0. The lowest BCUT2D eigenvalue weighted by molar-refractivity contribution is 1.05. The Morgan fingerprint density at radius 3 is 2.22 bits per heavy atom. The summed E-state index contributed by atoms with van der Waals surface area (Å²) >= 11 is 3.45. The molecule has 0 fully saturated rings. The third-order valence-corrected chi connectivity index (χ3v) is 6.13. The monoisotopic (exact) mass is 208 g/mol. The molecule has 0 aromatic heterocycles. The Morgan fingerprint density at radius 2 is 1.89 bits per heavy atom. The number of hydrogen-bond acceptors (Lipinski definition) is 0. The Kier molecular flexibility index (Phi) is 4.85. The maximum absolute atomic E-state index is 3.45. The Labute approximate surface area is 68.2 Å². The summed E-state index contributed by atoms with van der Waals surface area (Å²) in [7, 11) is -0.728. The summed E-state index contributed by atoms with van der Waals surface area (Å²) < 4.78 is 0. The highest BCUT2D eigenvalue weighted by Gasteiger charge is 2.15. The molecule has 0 spiro atoms. The minimum atomic E-state index is -0.728. The fourth-order valence-electron chi connectivity index (χ4n) is 0.722. The van der Waals surface area contributed by atoms with Crippen LogP contribution in [0.25, 0.3) is 0 Å². The van der Waals surface area contributed by atoms with Gasteiger partial charge in [0.25, 0.3) is 0 Å². The molecule has 0 aliphatic heterocycles. The number of hydrogen-bond donors (Lipinski definition) is 0. The fraction of sp³-hybridized carbons (Fsp3) is 1.00. The van der Waals surface area contributed by atoms with E-state index in [9.17, 15) is 0 Å². The van der Waals surface area contributed by atoms with Crippen molar-refractivity contribution in [2.75, 3.05) is 5.33 Å². The topological polar surface area (TPSA) is 0 Å². The predicted molar refractivity (Wildman–Crippen MR) is 51.2 cm³/mol. The predicted octanol–water partition coefficient (Wildman–Crippen LogP) is 3.50. The molecule has 2 heteroatoms. The zero-order chi connectivity index (χ0) is 7.33. The molecule has 0 amide bonds. The molecule has 0 unspecified atom stereocenters. The minimum absolute atomic E-state index is 0.728. The van der Waals surface area contributed by atoms with E-state index in [0.29, 0.717) is 0 Å². The summed E-state index contributed by atoms with van der Waals surface area (Å²) in [4.78, 5) is 0. The van der Waals surface area contributed by atoms with Crippen molar-refractivity contribution >= 4 is 24.0 Å². The Morgan fingerprint density at radius 1 is 1.33 bits per heavy atom. The molecule has 0 saturated carbocycles. The zero-order valence-electron chi connectivity index (χ0n) is 6.71.